The molecule has 1 rings (SSSR count). The largest absolute Gasteiger partial charge is 0.392 e. The van der Waals surface area contributed by atoms with E-state index in [9.17, 15) is 4.79 Å². The van der Waals surface area contributed by atoms with Crippen LogP contribution in [0.25, 0.3) is 0 Å². The first-order chi connectivity index (χ1) is 7.08. The molecule has 0 aliphatic heterocycles. The van der Waals surface area contributed by atoms with E-state index < -0.39 is 6.10 Å². The van der Waals surface area contributed by atoms with Crippen LogP contribution in [-0.4, -0.2) is 23.7 Å². The molecule has 0 aromatic heterocycles. The van der Waals surface area contributed by atoms with E-state index in [1.165, 1.54) is 0 Å². The molecule has 0 aliphatic rings. The molecule has 0 heterocycles. The average Bonchev–Trinajstić information content (AvgIpc) is 2.15. The second-order valence-electron chi connectivity index (χ2n) is 3.46. The third-order valence-electron chi connectivity index (χ3n) is 1.85. The molecule has 0 radical (unpaired) electrons. The molecule has 0 aliphatic carbocycles. The molecular weight excluding hydrogens is 305 g/mol. The van der Waals surface area contributed by atoms with Gasteiger partial charge in [0.15, 0.2) is 0 Å². The van der Waals surface area contributed by atoms with Gasteiger partial charge in [0.25, 0.3) is 0 Å². The Kier molecular flexibility index (Phi) is 5.04. The molecule has 4 heteroatoms. The van der Waals surface area contributed by atoms with Crippen molar-refractivity contribution >= 4 is 28.5 Å². The zero-order valence-corrected chi connectivity index (χ0v) is 10.7. The third-order valence-corrected chi connectivity index (χ3v) is 2.52. The molecule has 82 valence electrons. The van der Waals surface area contributed by atoms with Crippen molar-refractivity contribution in [3.05, 3.63) is 33.4 Å². The molecule has 0 bridgehead atoms. The quantitative estimate of drug-likeness (QED) is 0.823. The summed E-state index contributed by atoms with van der Waals surface area (Å²) in [5.41, 5.74) is 0.991. The highest BCUT2D eigenvalue weighted by Crippen LogP contribution is 2.08. The summed E-state index contributed by atoms with van der Waals surface area (Å²) < 4.78 is 1.12. The standard InChI is InChI=1S/C11H14INO2/c1-8(14)7-13-11(15)6-9-3-2-4-10(12)5-9/h2-5,8,14H,6-7H2,1H3,(H,13,15). The Hall–Kier alpha value is -0.620. The summed E-state index contributed by atoms with van der Waals surface area (Å²) in [4.78, 5) is 11.4. The third kappa shape index (κ3) is 5.13. The van der Waals surface area contributed by atoms with Gasteiger partial charge in [0, 0.05) is 10.1 Å². The van der Waals surface area contributed by atoms with Crippen molar-refractivity contribution in [3.63, 3.8) is 0 Å². The lowest BCUT2D eigenvalue weighted by atomic mass is 10.1. The number of hydrogen-bond acceptors (Lipinski definition) is 2. The molecule has 0 saturated carbocycles. The van der Waals surface area contributed by atoms with Crippen molar-refractivity contribution < 1.29 is 9.90 Å². The summed E-state index contributed by atoms with van der Waals surface area (Å²) in [6.07, 6.45) is -0.131. The Morgan fingerprint density at radius 1 is 1.60 bits per heavy atom. The van der Waals surface area contributed by atoms with Crippen LogP contribution in [0.1, 0.15) is 12.5 Å². The van der Waals surface area contributed by atoms with E-state index in [4.69, 9.17) is 5.11 Å². The summed E-state index contributed by atoms with van der Waals surface area (Å²) in [6, 6.07) is 7.81. The highest BCUT2D eigenvalue weighted by Gasteiger charge is 2.04. The topological polar surface area (TPSA) is 49.3 Å². The normalized spacial score (nSPS) is 12.2. The van der Waals surface area contributed by atoms with Gasteiger partial charge in [-0.2, -0.15) is 0 Å². The molecule has 0 saturated heterocycles. The van der Waals surface area contributed by atoms with E-state index in [2.05, 4.69) is 27.9 Å². The fourth-order valence-corrected chi connectivity index (χ4v) is 1.76. The monoisotopic (exact) mass is 319 g/mol. The SMILES string of the molecule is CC(O)CNC(=O)Cc1cccc(I)c1. The van der Waals surface area contributed by atoms with Crippen LogP contribution < -0.4 is 5.32 Å². The van der Waals surface area contributed by atoms with Crippen LogP contribution in [0, 0.1) is 3.57 Å². The number of halogens is 1. The van der Waals surface area contributed by atoms with Gasteiger partial charge in [-0.1, -0.05) is 12.1 Å². The molecule has 1 aromatic rings. The second kappa shape index (κ2) is 6.07. The first kappa shape index (κ1) is 12.4. The van der Waals surface area contributed by atoms with Crippen molar-refractivity contribution in [1.82, 2.24) is 5.32 Å². The maximum Gasteiger partial charge on any atom is 0.224 e. The molecule has 1 amide bonds. The number of amides is 1. The van der Waals surface area contributed by atoms with Crippen molar-refractivity contribution in [1.29, 1.82) is 0 Å². The molecular formula is C11H14INO2. The fourth-order valence-electron chi connectivity index (χ4n) is 1.16. The van der Waals surface area contributed by atoms with Gasteiger partial charge >= 0.3 is 0 Å². The van der Waals surface area contributed by atoms with Crippen molar-refractivity contribution in [3.8, 4) is 0 Å². The van der Waals surface area contributed by atoms with Crippen molar-refractivity contribution in [2.75, 3.05) is 6.54 Å². The average molecular weight is 319 g/mol. The van der Waals surface area contributed by atoms with Gasteiger partial charge in [-0.25, -0.2) is 0 Å². The van der Waals surface area contributed by atoms with Crippen molar-refractivity contribution in [2.24, 2.45) is 0 Å². The molecule has 0 fully saturated rings. The Morgan fingerprint density at radius 2 is 2.33 bits per heavy atom. The summed E-state index contributed by atoms with van der Waals surface area (Å²) in [5, 5.41) is 11.7. The zero-order chi connectivity index (χ0) is 11.3. The number of carbonyl (C=O) groups excluding carboxylic acids is 1. The lowest BCUT2D eigenvalue weighted by molar-refractivity contribution is -0.120. The van der Waals surface area contributed by atoms with E-state index in [1.54, 1.807) is 6.92 Å². The molecule has 1 atom stereocenters. The predicted molar refractivity (Wildman–Crippen MR) is 67.6 cm³/mol. The molecule has 1 aromatic carbocycles. The van der Waals surface area contributed by atoms with Gasteiger partial charge in [-0.15, -0.1) is 0 Å². The highest BCUT2D eigenvalue weighted by atomic mass is 127. The summed E-state index contributed by atoms with van der Waals surface area (Å²) in [5.74, 6) is -0.0575. The fraction of sp³-hybridized carbons (Fsp3) is 0.364. The van der Waals surface area contributed by atoms with Gasteiger partial charge in [0.1, 0.15) is 0 Å². The molecule has 3 nitrogen and oxygen atoms in total. The van der Waals surface area contributed by atoms with E-state index >= 15 is 0 Å². The second-order valence-corrected chi connectivity index (χ2v) is 4.71. The number of benzene rings is 1. The minimum atomic E-state index is -0.496. The highest BCUT2D eigenvalue weighted by molar-refractivity contribution is 14.1. The summed E-state index contributed by atoms with van der Waals surface area (Å²) in [6.45, 7) is 1.95. The van der Waals surface area contributed by atoms with Crippen LogP contribution in [0.2, 0.25) is 0 Å². The van der Waals surface area contributed by atoms with Gasteiger partial charge in [-0.3, -0.25) is 4.79 Å². The van der Waals surface area contributed by atoms with Gasteiger partial charge < -0.3 is 10.4 Å². The van der Waals surface area contributed by atoms with Gasteiger partial charge in [0.2, 0.25) is 5.91 Å². The Bertz CT molecular complexity index is 339. The minimum Gasteiger partial charge on any atom is -0.392 e. The number of aliphatic hydroxyl groups is 1. The number of nitrogens with one attached hydrogen (secondary N) is 1. The minimum absolute atomic E-state index is 0.0575. The van der Waals surface area contributed by atoms with Crippen LogP contribution in [0.5, 0.6) is 0 Å². The smallest absolute Gasteiger partial charge is 0.224 e. The lowest BCUT2D eigenvalue weighted by Crippen LogP contribution is -2.31. The van der Waals surface area contributed by atoms with Crippen LogP contribution in [0.3, 0.4) is 0 Å². The summed E-state index contributed by atoms with van der Waals surface area (Å²) in [7, 11) is 0. The van der Waals surface area contributed by atoms with E-state index in [0.29, 0.717) is 13.0 Å². The molecule has 1 unspecified atom stereocenters. The maximum absolute atomic E-state index is 11.4. The van der Waals surface area contributed by atoms with Crippen LogP contribution >= 0.6 is 22.6 Å². The van der Waals surface area contributed by atoms with Crippen LogP contribution in [-0.2, 0) is 11.2 Å². The van der Waals surface area contributed by atoms with Crippen LogP contribution in [0.4, 0.5) is 0 Å². The lowest BCUT2D eigenvalue weighted by Gasteiger charge is -2.07. The van der Waals surface area contributed by atoms with E-state index in [1.807, 2.05) is 24.3 Å². The Balaban J connectivity index is 2.44. The first-order valence-corrected chi connectivity index (χ1v) is 5.85. The van der Waals surface area contributed by atoms with E-state index in [0.717, 1.165) is 9.13 Å². The number of rotatable bonds is 4. The predicted octanol–water partition coefficient (Wildman–Crippen LogP) is 1.33. The Morgan fingerprint density at radius 3 is 2.93 bits per heavy atom. The number of hydrogen-bond donors (Lipinski definition) is 2. The number of carbonyl (C=O) groups is 1. The van der Waals surface area contributed by atoms with Crippen LogP contribution in [0.15, 0.2) is 24.3 Å². The number of aliphatic hydroxyl groups excluding tert-OH is 1. The van der Waals surface area contributed by atoms with Crippen molar-refractivity contribution in [2.45, 2.75) is 19.4 Å². The van der Waals surface area contributed by atoms with E-state index in [-0.39, 0.29) is 5.91 Å². The van der Waals surface area contributed by atoms with Gasteiger partial charge in [-0.05, 0) is 47.2 Å². The zero-order valence-electron chi connectivity index (χ0n) is 8.53. The summed E-state index contributed by atoms with van der Waals surface area (Å²) >= 11 is 2.21. The Labute approximate surface area is 103 Å². The molecule has 0 spiro atoms. The molecule has 15 heavy (non-hydrogen) atoms. The van der Waals surface area contributed by atoms with Gasteiger partial charge in [0.05, 0.1) is 12.5 Å². The maximum atomic E-state index is 11.4. The first-order valence-electron chi connectivity index (χ1n) is 4.77. The molecule has 2 N–H and O–H groups in total.